The van der Waals surface area contributed by atoms with Crippen LogP contribution in [0, 0.1) is 11.8 Å². The summed E-state index contributed by atoms with van der Waals surface area (Å²) in [5, 5.41) is 3.61. The fraction of sp³-hybridized carbons (Fsp3) is 0.933. The molecule has 3 nitrogen and oxygen atoms in total. The first-order valence-electron chi connectivity index (χ1n) is 7.84. The number of hydrogen-bond donors (Lipinski definition) is 1. The summed E-state index contributed by atoms with van der Waals surface area (Å²) in [4.78, 5) is 7.15. The van der Waals surface area contributed by atoms with Crippen LogP contribution in [-0.4, -0.2) is 36.5 Å². The van der Waals surface area contributed by atoms with Crippen LogP contribution in [0.4, 0.5) is 0 Å². The second kappa shape index (κ2) is 8.32. The van der Waals surface area contributed by atoms with E-state index >= 15 is 0 Å². The van der Waals surface area contributed by atoms with E-state index in [1.54, 1.807) is 0 Å². The van der Waals surface area contributed by atoms with Gasteiger partial charge in [-0.15, -0.1) is 24.0 Å². The van der Waals surface area contributed by atoms with E-state index in [1.165, 1.54) is 51.2 Å². The molecule has 1 N–H and O–H groups in total. The number of likely N-dealkylation sites (tertiary alicyclic amines) is 1. The van der Waals surface area contributed by atoms with E-state index in [4.69, 9.17) is 0 Å². The van der Waals surface area contributed by atoms with Gasteiger partial charge in [-0.1, -0.05) is 26.7 Å². The summed E-state index contributed by atoms with van der Waals surface area (Å²) in [7, 11) is 0. The van der Waals surface area contributed by atoms with Gasteiger partial charge in [0.25, 0.3) is 0 Å². The lowest BCUT2D eigenvalue weighted by Crippen LogP contribution is -2.41. The van der Waals surface area contributed by atoms with Crippen molar-refractivity contribution in [2.75, 3.05) is 19.6 Å². The molecular weight excluding hydrogens is 349 g/mol. The molecule has 0 aromatic carbocycles. The van der Waals surface area contributed by atoms with Gasteiger partial charge in [0, 0.05) is 25.7 Å². The molecule has 19 heavy (non-hydrogen) atoms. The molecule has 0 spiro atoms. The molecule has 1 aliphatic carbocycles. The van der Waals surface area contributed by atoms with E-state index in [0.29, 0.717) is 6.04 Å². The summed E-state index contributed by atoms with van der Waals surface area (Å²) in [6, 6.07) is 0.711. The van der Waals surface area contributed by atoms with Crippen LogP contribution in [0.3, 0.4) is 0 Å². The van der Waals surface area contributed by atoms with Crippen LogP contribution in [0.25, 0.3) is 0 Å². The maximum Gasteiger partial charge on any atom is 0.194 e. The number of nitrogens with zero attached hydrogens (tertiary/aromatic N) is 2. The van der Waals surface area contributed by atoms with E-state index in [2.05, 4.69) is 36.0 Å². The quantitative estimate of drug-likeness (QED) is 0.450. The Morgan fingerprint density at radius 3 is 2.42 bits per heavy atom. The molecule has 0 bridgehead atoms. The van der Waals surface area contributed by atoms with Gasteiger partial charge >= 0.3 is 0 Å². The topological polar surface area (TPSA) is 27.6 Å². The number of halogens is 1. The van der Waals surface area contributed by atoms with Gasteiger partial charge in [0.15, 0.2) is 5.96 Å². The predicted octanol–water partition coefficient (Wildman–Crippen LogP) is 3.49. The van der Waals surface area contributed by atoms with Crippen LogP contribution < -0.4 is 5.32 Å². The molecule has 4 heteroatoms. The molecule has 0 aromatic heterocycles. The Hall–Kier alpha value is 0. The molecular formula is C15H30IN3. The van der Waals surface area contributed by atoms with E-state index in [-0.39, 0.29) is 24.0 Å². The molecule has 0 radical (unpaired) electrons. The lowest BCUT2D eigenvalue weighted by Gasteiger charge is -2.24. The van der Waals surface area contributed by atoms with E-state index in [0.717, 1.165) is 18.4 Å². The highest BCUT2D eigenvalue weighted by Crippen LogP contribution is 2.29. The molecule has 1 atom stereocenters. The fourth-order valence-electron chi connectivity index (χ4n) is 3.12. The van der Waals surface area contributed by atoms with Gasteiger partial charge < -0.3 is 10.2 Å². The van der Waals surface area contributed by atoms with Gasteiger partial charge in [0.1, 0.15) is 0 Å². The maximum atomic E-state index is 4.66. The van der Waals surface area contributed by atoms with Crippen molar-refractivity contribution in [3.8, 4) is 0 Å². The van der Waals surface area contributed by atoms with Crippen molar-refractivity contribution in [1.82, 2.24) is 10.2 Å². The van der Waals surface area contributed by atoms with Gasteiger partial charge in [-0.05, 0) is 38.0 Å². The first kappa shape index (κ1) is 17.1. The average molecular weight is 379 g/mol. The summed E-state index contributed by atoms with van der Waals surface area (Å²) in [5.41, 5.74) is 0. The number of nitrogens with one attached hydrogen (secondary N) is 1. The zero-order valence-corrected chi connectivity index (χ0v) is 15.0. The largest absolute Gasteiger partial charge is 0.354 e. The average Bonchev–Trinajstić information content (AvgIpc) is 3.06. The lowest BCUT2D eigenvalue weighted by atomic mass is 9.87. The van der Waals surface area contributed by atoms with Gasteiger partial charge in [-0.25, -0.2) is 0 Å². The third kappa shape index (κ3) is 4.80. The maximum absolute atomic E-state index is 4.66. The molecule has 1 saturated carbocycles. The summed E-state index contributed by atoms with van der Waals surface area (Å²) >= 11 is 0. The summed E-state index contributed by atoms with van der Waals surface area (Å²) < 4.78 is 0. The van der Waals surface area contributed by atoms with Crippen molar-refractivity contribution in [2.24, 2.45) is 16.8 Å². The highest BCUT2D eigenvalue weighted by molar-refractivity contribution is 14.0. The molecule has 1 saturated heterocycles. The van der Waals surface area contributed by atoms with Crippen LogP contribution in [-0.2, 0) is 0 Å². The van der Waals surface area contributed by atoms with Crippen LogP contribution in [0.5, 0.6) is 0 Å². The van der Waals surface area contributed by atoms with Gasteiger partial charge in [0.05, 0.1) is 0 Å². The summed E-state index contributed by atoms with van der Waals surface area (Å²) in [5.74, 6) is 2.95. The molecule has 2 rings (SSSR count). The number of hydrogen-bond acceptors (Lipinski definition) is 1. The zero-order valence-electron chi connectivity index (χ0n) is 12.7. The van der Waals surface area contributed by atoms with Crippen molar-refractivity contribution in [3.05, 3.63) is 0 Å². The standard InChI is InChI=1S/C15H29N3.HI/c1-4-12(5-2)13-9-10-18(11-13)15(16-6-3)17-14-7-8-14;/h12-14H,4-11H2,1-3H3,(H,16,17);1H. The normalized spacial score (nSPS) is 23.7. The second-order valence-electron chi connectivity index (χ2n) is 5.79. The van der Waals surface area contributed by atoms with Crippen LogP contribution in [0.1, 0.15) is 52.9 Å². The van der Waals surface area contributed by atoms with Gasteiger partial charge in [-0.3, -0.25) is 4.99 Å². The van der Waals surface area contributed by atoms with Crippen molar-refractivity contribution < 1.29 is 0 Å². The van der Waals surface area contributed by atoms with Crippen molar-refractivity contribution in [1.29, 1.82) is 0 Å². The Kier molecular flexibility index (Phi) is 7.47. The Morgan fingerprint density at radius 2 is 1.89 bits per heavy atom. The Morgan fingerprint density at radius 1 is 1.21 bits per heavy atom. The predicted molar refractivity (Wildman–Crippen MR) is 93.3 cm³/mol. The molecule has 0 aromatic rings. The molecule has 2 fully saturated rings. The van der Waals surface area contributed by atoms with Crippen molar-refractivity contribution in [2.45, 2.75) is 58.9 Å². The smallest absolute Gasteiger partial charge is 0.194 e. The minimum atomic E-state index is 0. The van der Waals surface area contributed by atoms with Crippen LogP contribution >= 0.6 is 24.0 Å². The van der Waals surface area contributed by atoms with Crippen LogP contribution in [0.15, 0.2) is 4.99 Å². The van der Waals surface area contributed by atoms with E-state index in [1.807, 2.05) is 0 Å². The van der Waals surface area contributed by atoms with Crippen LogP contribution in [0.2, 0.25) is 0 Å². The first-order valence-corrected chi connectivity index (χ1v) is 7.84. The number of guanidine groups is 1. The molecule has 1 heterocycles. The molecule has 1 unspecified atom stereocenters. The molecule has 2 aliphatic rings. The SMILES string of the molecule is CCN=C(NC1CC1)N1CCC(C(CC)CC)C1.I. The monoisotopic (exact) mass is 379 g/mol. The van der Waals surface area contributed by atoms with E-state index in [9.17, 15) is 0 Å². The third-order valence-electron chi connectivity index (χ3n) is 4.46. The van der Waals surface area contributed by atoms with Gasteiger partial charge in [-0.2, -0.15) is 0 Å². The summed E-state index contributed by atoms with van der Waals surface area (Å²) in [6.45, 7) is 10.1. The Labute approximate surface area is 135 Å². The highest BCUT2D eigenvalue weighted by atomic mass is 127. The summed E-state index contributed by atoms with van der Waals surface area (Å²) in [6.07, 6.45) is 6.65. The zero-order chi connectivity index (χ0) is 13.0. The minimum Gasteiger partial charge on any atom is -0.354 e. The minimum absolute atomic E-state index is 0. The van der Waals surface area contributed by atoms with Crippen molar-refractivity contribution >= 4 is 29.9 Å². The first-order chi connectivity index (χ1) is 8.78. The van der Waals surface area contributed by atoms with Gasteiger partial charge in [0.2, 0.25) is 0 Å². The lowest BCUT2D eigenvalue weighted by molar-refractivity contribution is 0.319. The second-order valence-corrected chi connectivity index (χ2v) is 5.79. The Balaban J connectivity index is 0.00000180. The Bertz CT molecular complexity index is 285. The molecule has 1 aliphatic heterocycles. The molecule has 0 amide bonds. The van der Waals surface area contributed by atoms with E-state index < -0.39 is 0 Å². The third-order valence-corrected chi connectivity index (χ3v) is 4.46. The fourth-order valence-corrected chi connectivity index (χ4v) is 3.12. The molecule has 112 valence electrons. The number of aliphatic imine (C=N–C) groups is 1. The number of rotatable bonds is 5. The van der Waals surface area contributed by atoms with Crippen molar-refractivity contribution in [3.63, 3.8) is 0 Å². The highest BCUT2D eigenvalue weighted by Gasteiger charge is 2.31.